The summed E-state index contributed by atoms with van der Waals surface area (Å²) in [4.78, 5) is 0. The molecular weight excluding hydrogens is 250 g/mol. The molecule has 1 unspecified atom stereocenters. The normalized spacial score (nSPS) is 12.9. The third kappa shape index (κ3) is 3.41. The summed E-state index contributed by atoms with van der Waals surface area (Å²) in [5.74, 6) is 1.08. The second-order valence-corrected chi connectivity index (χ2v) is 5.17. The number of unbranched alkanes of at least 4 members (excludes halogenated alkanes) is 1. The van der Waals surface area contributed by atoms with Gasteiger partial charge in [0.25, 0.3) is 0 Å². The SMILES string of the molecule is CCc1c(C(C)NCCCCOC)oc2ccccc12. The van der Waals surface area contributed by atoms with Crippen LogP contribution in [0.15, 0.2) is 28.7 Å². The number of aryl methyl sites for hydroxylation is 1. The van der Waals surface area contributed by atoms with Crippen molar-refractivity contribution < 1.29 is 9.15 Å². The maximum Gasteiger partial charge on any atom is 0.134 e. The van der Waals surface area contributed by atoms with Gasteiger partial charge in [-0.05, 0) is 38.8 Å². The highest BCUT2D eigenvalue weighted by Crippen LogP contribution is 2.30. The first-order valence-corrected chi connectivity index (χ1v) is 7.50. The minimum atomic E-state index is 0.250. The number of nitrogens with one attached hydrogen (secondary N) is 1. The molecule has 1 aromatic carbocycles. The van der Waals surface area contributed by atoms with Gasteiger partial charge in [0.1, 0.15) is 11.3 Å². The first-order chi connectivity index (χ1) is 9.77. The molecule has 2 rings (SSSR count). The molecule has 0 bridgehead atoms. The third-order valence-corrected chi connectivity index (χ3v) is 3.70. The second-order valence-electron chi connectivity index (χ2n) is 5.17. The Morgan fingerprint density at radius 2 is 2.05 bits per heavy atom. The summed E-state index contributed by atoms with van der Waals surface area (Å²) >= 11 is 0. The van der Waals surface area contributed by atoms with Crippen molar-refractivity contribution in [3.63, 3.8) is 0 Å². The number of rotatable bonds is 8. The van der Waals surface area contributed by atoms with Crippen LogP contribution in [-0.2, 0) is 11.2 Å². The van der Waals surface area contributed by atoms with E-state index in [4.69, 9.17) is 9.15 Å². The van der Waals surface area contributed by atoms with Gasteiger partial charge in [-0.15, -0.1) is 0 Å². The number of benzene rings is 1. The summed E-state index contributed by atoms with van der Waals surface area (Å²) in [5.41, 5.74) is 2.32. The number of hydrogen-bond donors (Lipinski definition) is 1. The van der Waals surface area contributed by atoms with Gasteiger partial charge in [0.05, 0.1) is 6.04 Å². The number of hydrogen-bond acceptors (Lipinski definition) is 3. The molecule has 1 aromatic heterocycles. The quantitative estimate of drug-likeness (QED) is 0.737. The molecule has 0 amide bonds. The number of fused-ring (bicyclic) bond motifs is 1. The van der Waals surface area contributed by atoms with E-state index in [0.29, 0.717) is 0 Å². The Bertz CT molecular complexity index is 533. The van der Waals surface area contributed by atoms with Gasteiger partial charge in [-0.1, -0.05) is 25.1 Å². The predicted molar refractivity (Wildman–Crippen MR) is 83.1 cm³/mol. The molecule has 0 saturated carbocycles. The topological polar surface area (TPSA) is 34.4 Å². The van der Waals surface area contributed by atoms with E-state index < -0.39 is 0 Å². The molecule has 110 valence electrons. The second kappa shape index (κ2) is 7.46. The molecule has 1 atom stereocenters. The van der Waals surface area contributed by atoms with Gasteiger partial charge in [0.2, 0.25) is 0 Å². The van der Waals surface area contributed by atoms with Gasteiger partial charge in [0.15, 0.2) is 0 Å². The largest absolute Gasteiger partial charge is 0.459 e. The van der Waals surface area contributed by atoms with Crippen LogP contribution in [0.1, 0.15) is 44.1 Å². The monoisotopic (exact) mass is 275 g/mol. The fourth-order valence-electron chi connectivity index (χ4n) is 2.61. The third-order valence-electron chi connectivity index (χ3n) is 3.70. The Morgan fingerprint density at radius 1 is 1.25 bits per heavy atom. The Hall–Kier alpha value is -1.32. The lowest BCUT2D eigenvalue weighted by atomic mass is 10.0. The highest BCUT2D eigenvalue weighted by molar-refractivity contribution is 5.82. The Kier molecular flexibility index (Phi) is 5.62. The predicted octanol–water partition coefficient (Wildman–Crippen LogP) is 4.07. The first-order valence-electron chi connectivity index (χ1n) is 7.50. The lowest BCUT2D eigenvalue weighted by Gasteiger charge is -2.13. The van der Waals surface area contributed by atoms with Crippen LogP contribution < -0.4 is 5.32 Å². The summed E-state index contributed by atoms with van der Waals surface area (Å²) < 4.78 is 11.1. The maximum atomic E-state index is 6.04. The van der Waals surface area contributed by atoms with Crippen LogP contribution in [0, 0.1) is 0 Å². The molecule has 0 aliphatic rings. The Labute approximate surface area is 121 Å². The zero-order valence-corrected chi connectivity index (χ0v) is 12.7. The number of methoxy groups -OCH3 is 1. The number of para-hydroxylation sites is 1. The molecule has 0 aliphatic heterocycles. The van der Waals surface area contributed by atoms with Gasteiger partial charge in [0, 0.05) is 24.7 Å². The van der Waals surface area contributed by atoms with Crippen LogP contribution in [0.25, 0.3) is 11.0 Å². The van der Waals surface area contributed by atoms with Crippen molar-refractivity contribution in [3.05, 3.63) is 35.6 Å². The molecule has 20 heavy (non-hydrogen) atoms. The zero-order chi connectivity index (χ0) is 14.4. The molecule has 1 heterocycles. The molecule has 2 aromatic rings. The number of furan rings is 1. The van der Waals surface area contributed by atoms with Crippen LogP contribution in [0.3, 0.4) is 0 Å². The van der Waals surface area contributed by atoms with E-state index in [0.717, 1.165) is 43.8 Å². The summed E-state index contributed by atoms with van der Waals surface area (Å²) in [5, 5.41) is 4.79. The van der Waals surface area contributed by atoms with Crippen LogP contribution in [0.2, 0.25) is 0 Å². The minimum Gasteiger partial charge on any atom is -0.459 e. The van der Waals surface area contributed by atoms with Crippen LogP contribution >= 0.6 is 0 Å². The van der Waals surface area contributed by atoms with E-state index in [2.05, 4.69) is 31.3 Å². The molecule has 0 radical (unpaired) electrons. The van der Waals surface area contributed by atoms with Crippen molar-refractivity contribution in [3.8, 4) is 0 Å². The smallest absolute Gasteiger partial charge is 0.134 e. The Balaban J connectivity index is 2.03. The van der Waals surface area contributed by atoms with Crippen molar-refractivity contribution in [2.24, 2.45) is 0 Å². The molecule has 0 aliphatic carbocycles. The van der Waals surface area contributed by atoms with E-state index in [1.54, 1.807) is 7.11 Å². The summed E-state index contributed by atoms with van der Waals surface area (Å²) in [6, 6.07) is 8.54. The van der Waals surface area contributed by atoms with E-state index in [1.807, 2.05) is 12.1 Å². The average molecular weight is 275 g/mol. The molecule has 3 heteroatoms. The van der Waals surface area contributed by atoms with Gasteiger partial charge < -0.3 is 14.5 Å². The highest BCUT2D eigenvalue weighted by atomic mass is 16.5. The fourth-order valence-corrected chi connectivity index (χ4v) is 2.61. The Morgan fingerprint density at radius 3 is 2.80 bits per heavy atom. The molecule has 1 N–H and O–H groups in total. The number of ether oxygens (including phenoxy) is 1. The van der Waals surface area contributed by atoms with Gasteiger partial charge in [-0.2, -0.15) is 0 Å². The van der Waals surface area contributed by atoms with Crippen LogP contribution in [0.4, 0.5) is 0 Å². The molecule has 3 nitrogen and oxygen atoms in total. The van der Waals surface area contributed by atoms with Gasteiger partial charge in [-0.25, -0.2) is 0 Å². The average Bonchev–Trinajstić information content (AvgIpc) is 2.85. The van der Waals surface area contributed by atoms with E-state index >= 15 is 0 Å². The van der Waals surface area contributed by atoms with Crippen molar-refractivity contribution >= 4 is 11.0 Å². The van der Waals surface area contributed by atoms with E-state index in [-0.39, 0.29) is 6.04 Å². The van der Waals surface area contributed by atoms with Gasteiger partial charge in [-0.3, -0.25) is 0 Å². The first kappa shape index (κ1) is 15.1. The van der Waals surface area contributed by atoms with E-state index in [9.17, 15) is 0 Å². The minimum absolute atomic E-state index is 0.250. The lowest BCUT2D eigenvalue weighted by molar-refractivity contribution is 0.192. The van der Waals surface area contributed by atoms with Crippen LogP contribution in [-0.4, -0.2) is 20.3 Å². The fraction of sp³-hybridized carbons (Fsp3) is 0.529. The van der Waals surface area contributed by atoms with Crippen molar-refractivity contribution in [1.29, 1.82) is 0 Å². The zero-order valence-electron chi connectivity index (χ0n) is 12.7. The molecular formula is C17H25NO2. The highest BCUT2D eigenvalue weighted by Gasteiger charge is 2.17. The summed E-state index contributed by atoms with van der Waals surface area (Å²) in [6.07, 6.45) is 3.22. The van der Waals surface area contributed by atoms with Crippen LogP contribution in [0.5, 0.6) is 0 Å². The molecule has 0 spiro atoms. The lowest BCUT2D eigenvalue weighted by Crippen LogP contribution is -2.20. The van der Waals surface area contributed by atoms with Crippen molar-refractivity contribution in [1.82, 2.24) is 5.32 Å². The molecule has 0 fully saturated rings. The molecule has 0 saturated heterocycles. The van der Waals surface area contributed by atoms with Crippen molar-refractivity contribution in [2.75, 3.05) is 20.3 Å². The standard InChI is InChI=1S/C17H25NO2/c1-4-14-15-9-5-6-10-16(15)20-17(14)13(2)18-11-7-8-12-19-3/h5-6,9-10,13,18H,4,7-8,11-12H2,1-3H3. The summed E-state index contributed by atoms with van der Waals surface area (Å²) in [7, 11) is 1.75. The van der Waals surface area contributed by atoms with Crippen molar-refractivity contribution in [2.45, 2.75) is 39.2 Å². The van der Waals surface area contributed by atoms with E-state index in [1.165, 1.54) is 10.9 Å². The summed E-state index contributed by atoms with van der Waals surface area (Å²) in [6.45, 7) is 6.19. The maximum absolute atomic E-state index is 6.04. The van der Waals surface area contributed by atoms with Gasteiger partial charge >= 0.3 is 0 Å².